The number of benzene rings is 2. The van der Waals surface area contributed by atoms with Crippen molar-refractivity contribution in [3.8, 4) is 11.1 Å². The van der Waals surface area contributed by atoms with E-state index in [4.69, 9.17) is 0 Å². The van der Waals surface area contributed by atoms with E-state index >= 15 is 0 Å². The van der Waals surface area contributed by atoms with Crippen molar-refractivity contribution in [3.63, 3.8) is 0 Å². The maximum absolute atomic E-state index is 13.3. The van der Waals surface area contributed by atoms with Gasteiger partial charge in [0.2, 0.25) is 0 Å². The number of nitrogens with one attached hydrogen (secondary N) is 2. The van der Waals surface area contributed by atoms with E-state index in [0.29, 0.717) is 11.4 Å². The van der Waals surface area contributed by atoms with Gasteiger partial charge < -0.3 is 19.9 Å². The van der Waals surface area contributed by atoms with Crippen LogP contribution in [0.5, 0.6) is 0 Å². The van der Waals surface area contributed by atoms with Crippen molar-refractivity contribution in [2.75, 3.05) is 36.4 Å². The number of anilines is 2. The fraction of sp³-hybridized carbons (Fsp3) is 0.154. The quantitative estimate of drug-likeness (QED) is 0.377. The molecule has 0 saturated carbocycles. The van der Waals surface area contributed by atoms with Gasteiger partial charge in [-0.25, -0.2) is 0 Å². The molecule has 1 saturated heterocycles. The summed E-state index contributed by atoms with van der Waals surface area (Å²) in [5, 5.41) is 6.11. The Labute approximate surface area is 186 Å². The topological polar surface area (TPSA) is 65.9 Å². The number of piperazine rings is 1. The number of carbonyl (C=O) groups excluding carboxylic acids is 2. The van der Waals surface area contributed by atoms with Crippen LogP contribution in [0.25, 0.3) is 16.6 Å². The van der Waals surface area contributed by atoms with E-state index in [9.17, 15) is 9.59 Å². The molecule has 4 aromatic rings. The zero-order valence-corrected chi connectivity index (χ0v) is 17.6. The molecule has 6 heteroatoms. The second-order valence-corrected chi connectivity index (χ2v) is 7.84. The first kappa shape index (κ1) is 20.0. The maximum atomic E-state index is 13.3. The second kappa shape index (κ2) is 8.69. The number of aromatic nitrogens is 1. The number of pyridine rings is 1. The van der Waals surface area contributed by atoms with Crippen molar-refractivity contribution in [1.29, 1.82) is 0 Å². The summed E-state index contributed by atoms with van der Waals surface area (Å²) in [6, 6.07) is 24.9. The van der Waals surface area contributed by atoms with Gasteiger partial charge in [0.25, 0.3) is 11.7 Å². The Bertz CT molecular complexity index is 1260. The molecule has 2 aromatic heterocycles. The van der Waals surface area contributed by atoms with Crippen LogP contribution in [-0.2, 0) is 4.79 Å². The Morgan fingerprint density at radius 1 is 0.844 bits per heavy atom. The molecule has 0 spiro atoms. The highest BCUT2D eigenvalue weighted by atomic mass is 16.2. The third-order valence-electron chi connectivity index (χ3n) is 5.79. The zero-order chi connectivity index (χ0) is 21.9. The highest BCUT2D eigenvalue weighted by Crippen LogP contribution is 2.28. The minimum Gasteiger partial charge on any atom is -0.369 e. The molecule has 1 fully saturated rings. The molecule has 160 valence electrons. The Balaban J connectivity index is 1.41. The molecule has 3 heterocycles. The van der Waals surface area contributed by atoms with Crippen LogP contribution in [-0.4, -0.2) is 42.3 Å². The monoisotopic (exact) mass is 424 g/mol. The Morgan fingerprint density at radius 3 is 2.31 bits per heavy atom. The van der Waals surface area contributed by atoms with Crippen LogP contribution in [0.15, 0.2) is 85.1 Å². The van der Waals surface area contributed by atoms with Gasteiger partial charge in [0, 0.05) is 54.8 Å². The molecule has 5 rings (SSSR count). The number of Topliss-reactive ketones (excluding diaryl/α,β-unsaturated/α-hetero) is 1. The molecular weight excluding hydrogens is 400 g/mol. The van der Waals surface area contributed by atoms with Gasteiger partial charge in [-0.2, -0.15) is 0 Å². The summed E-state index contributed by atoms with van der Waals surface area (Å²) >= 11 is 0. The zero-order valence-electron chi connectivity index (χ0n) is 17.6. The maximum Gasteiger partial charge on any atom is 0.298 e. The van der Waals surface area contributed by atoms with Crippen molar-refractivity contribution < 1.29 is 9.59 Å². The molecule has 2 N–H and O–H groups in total. The van der Waals surface area contributed by atoms with Gasteiger partial charge >= 0.3 is 0 Å². The molecule has 0 bridgehead atoms. The van der Waals surface area contributed by atoms with E-state index in [2.05, 4.69) is 15.5 Å². The van der Waals surface area contributed by atoms with Gasteiger partial charge in [-0.3, -0.25) is 9.59 Å². The van der Waals surface area contributed by atoms with Crippen molar-refractivity contribution >= 4 is 28.6 Å². The van der Waals surface area contributed by atoms with Crippen molar-refractivity contribution in [2.45, 2.75) is 0 Å². The highest BCUT2D eigenvalue weighted by Gasteiger charge is 2.25. The van der Waals surface area contributed by atoms with Crippen LogP contribution in [0.1, 0.15) is 10.5 Å². The van der Waals surface area contributed by atoms with Gasteiger partial charge in [0.1, 0.15) is 5.69 Å². The van der Waals surface area contributed by atoms with E-state index in [-0.39, 0.29) is 0 Å². The van der Waals surface area contributed by atoms with E-state index in [1.54, 1.807) is 4.40 Å². The van der Waals surface area contributed by atoms with E-state index in [0.717, 1.165) is 48.5 Å². The van der Waals surface area contributed by atoms with Crippen LogP contribution < -0.4 is 15.5 Å². The first-order valence-electron chi connectivity index (χ1n) is 10.8. The predicted molar refractivity (Wildman–Crippen MR) is 127 cm³/mol. The number of carbonyl (C=O) groups is 2. The lowest BCUT2D eigenvalue weighted by Crippen LogP contribution is -2.43. The van der Waals surface area contributed by atoms with E-state index in [1.165, 1.54) is 0 Å². The van der Waals surface area contributed by atoms with Crippen LogP contribution in [0.3, 0.4) is 0 Å². The average Bonchev–Trinajstić information content (AvgIpc) is 3.25. The third-order valence-corrected chi connectivity index (χ3v) is 5.79. The molecule has 1 aliphatic rings. The summed E-state index contributed by atoms with van der Waals surface area (Å²) in [5.74, 6) is -1.22. The van der Waals surface area contributed by atoms with Crippen LogP contribution in [0, 0.1) is 0 Å². The third kappa shape index (κ3) is 3.88. The van der Waals surface area contributed by atoms with Crippen LogP contribution >= 0.6 is 0 Å². The van der Waals surface area contributed by atoms with Crippen molar-refractivity contribution in [1.82, 2.24) is 9.72 Å². The largest absolute Gasteiger partial charge is 0.369 e. The first-order valence-corrected chi connectivity index (χ1v) is 10.8. The molecule has 0 radical (unpaired) electrons. The molecule has 0 atom stereocenters. The summed E-state index contributed by atoms with van der Waals surface area (Å²) < 4.78 is 1.78. The fourth-order valence-electron chi connectivity index (χ4n) is 4.17. The number of ketones is 1. The number of amides is 1. The number of hydrogen-bond acceptors (Lipinski definition) is 4. The SMILES string of the molecule is O=C(Nc1ccc(N2CCNCC2)cc1)C(=O)c1c(-c2ccccc2)cc2ccccn12. The summed E-state index contributed by atoms with van der Waals surface area (Å²) in [4.78, 5) is 28.5. The Morgan fingerprint density at radius 2 is 1.56 bits per heavy atom. The van der Waals surface area contributed by atoms with E-state index < -0.39 is 11.7 Å². The average molecular weight is 425 g/mol. The number of hydrogen-bond donors (Lipinski definition) is 2. The summed E-state index contributed by atoms with van der Waals surface area (Å²) in [6.07, 6.45) is 1.81. The van der Waals surface area contributed by atoms with Gasteiger partial charge in [-0.1, -0.05) is 36.4 Å². The highest BCUT2D eigenvalue weighted by molar-refractivity contribution is 6.47. The van der Waals surface area contributed by atoms with Gasteiger partial charge in [-0.05, 0) is 48.0 Å². The summed E-state index contributed by atoms with van der Waals surface area (Å²) in [7, 11) is 0. The second-order valence-electron chi connectivity index (χ2n) is 7.84. The standard InChI is InChI=1S/C26H24N4O2/c31-25(26(32)28-20-9-11-21(12-10-20)29-16-13-27-14-17-29)24-23(19-6-2-1-3-7-19)18-22-8-4-5-15-30(22)24/h1-12,15,18,27H,13-14,16-17H2,(H,28,32). The Kier molecular flexibility index (Phi) is 5.44. The lowest BCUT2D eigenvalue weighted by Gasteiger charge is -2.29. The van der Waals surface area contributed by atoms with E-state index in [1.807, 2.05) is 85.1 Å². The Hall–Kier alpha value is -3.90. The molecular formula is C26H24N4O2. The molecule has 2 aromatic carbocycles. The van der Waals surface area contributed by atoms with Crippen molar-refractivity contribution in [3.05, 3.63) is 90.8 Å². The predicted octanol–water partition coefficient (Wildman–Crippen LogP) is 3.84. The molecule has 6 nitrogen and oxygen atoms in total. The van der Waals surface area contributed by atoms with Gasteiger partial charge in [0.05, 0.1) is 0 Å². The summed E-state index contributed by atoms with van der Waals surface area (Å²) in [6.45, 7) is 3.82. The van der Waals surface area contributed by atoms with Gasteiger partial charge in [-0.15, -0.1) is 0 Å². The minimum atomic E-state index is -0.652. The summed E-state index contributed by atoms with van der Waals surface area (Å²) in [5.41, 5.74) is 4.58. The lowest BCUT2D eigenvalue weighted by atomic mass is 10.0. The van der Waals surface area contributed by atoms with Crippen LogP contribution in [0.2, 0.25) is 0 Å². The fourth-order valence-corrected chi connectivity index (χ4v) is 4.17. The first-order chi connectivity index (χ1) is 15.7. The number of rotatable bonds is 5. The normalized spacial score (nSPS) is 13.8. The molecule has 1 amide bonds. The molecule has 1 aliphatic heterocycles. The minimum absolute atomic E-state index is 0.363. The van der Waals surface area contributed by atoms with Gasteiger partial charge in [0.15, 0.2) is 0 Å². The molecule has 0 unspecified atom stereocenters. The molecule has 0 aliphatic carbocycles. The number of nitrogens with zero attached hydrogens (tertiary/aromatic N) is 2. The van der Waals surface area contributed by atoms with Crippen molar-refractivity contribution in [2.24, 2.45) is 0 Å². The number of fused-ring (bicyclic) bond motifs is 1. The lowest BCUT2D eigenvalue weighted by molar-refractivity contribution is -0.112. The van der Waals surface area contributed by atoms with Crippen LogP contribution in [0.4, 0.5) is 11.4 Å². The molecule has 32 heavy (non-hydrogen) atoms. The smallest absolute Gasteiger partial charge is 0.298 e.